The molecule has 1 aromatic heterocycles. The number of thiophene rings is 1. The Morgan fingerprint density at radius 1 is 1.28 bits per heavy atom. The van der Waals surface area contributed by atoms with Gasteiger partial charge in [0.15, 0.2) is 5.78 Å². The smallest absolute Gasteiger partial charge is 0.179 e. The molecule has 0 spiro atoms. The van der Waals surface area contributed by atoms with Crippen LogP contribution in [-0.4, -0.2) is 12.4 Å². The van der Waals surface area contributed by atoms with Gasteiger partial charge in [0, 0.05) is 0 Å². The molecule has 2 aromatic rings. The maximum Gasteiger partial charge on any atom is 0.179 e. The van der Waals surface area contributed by atoms with Crippen LogP contribution in [0.4, 0.5) is 0 Å². The molecule has 92 valence electrons. The first kappa shape index (κ1) is 11.8. The van der Waals surface area contributed by atoms with Gasteiger partial charge in [-0.3, -0.25) is 4.79 Å². The van der Waals surface area contributed by atoms with E-state index in [1.54, 1.807) is 12.1 Å². The predicted molar refractivity (Wildman–Crippen MR) is 72.8 cm³/mol. The van der Waals surface area contributed by atoms with Crippen molar-refractivity contribution in [2.24, 2.45) is 5.92 Å². The Morgan fingerprint density at radius 3 is 2.89 bits per heavy atom. The lowest BCUT2D eigenvalue weighted by atomic mass is 9.92. The molecule has 0 aliphatic carbocycles. The standard InChI is InChI=1S/C14H11ClO2S/c15-13-6-5-12(18-13)14(16)10-7-9-3-1-2-4-11(9)17-8-10/h1-6,10H,7-8H2. The summed E-state index contributed by atoms with van der Waals surface area (Å²) in [5.41, 5.74) is 1.10. The number of ketones is 1. The third-order valence-electron chi connectivity index (χ3n) is 3.07. The SMILES string of the molecule is O=C(c1ccc(Cl)s1)C1COc2ccccc2C1. The highest BCUT2D eigenvalue weighted by Crippen LogP contribution is 2.30. The number of ether oxygens (including phenoxy) is 1. The Labute approximate surface area is 114 Å². The molecule has 0 saturated heterocycles. The van der Waals surface area contributed by atoms with Gasteiger partial charge < -0.3 is 4.74 Å². The second kappa shape index (κ2) is 4.75. The third kappa shape index (κ3) is 2.16. The zero-order valence-corrected chi connectivity index (χ0v) is 11.1. The van der Waals surface area contributed by atoms with Gasteiger partial charge in [0.25, 0.3) is 0 Å². The van der Waals surface area contributed by atoms with E-state index >= 15 is 0 Å². The van der Waals surface area contributed by atoms with Crippen molar-refractivity contribution in [1.29, 1.82) is 0 Å². The number of carbonyl (C=O) groups excluding carboxylic acids is 1. The van der Waals surface area contributed by atoms with Crippen molar-refractivity contribution in [1.82, 2.24) is 0 Å². The maximum absolute atomic E-state index is 12.3. The second-order valence-corrected chi connectivity index (χ2v) is 6.00. The van der Waals surface area contributed by atoms with Crippen molar-refractivity contribution in [3.63, 3.8) is 0 Å². The average molecular weight is 279 g/mol. The van der Waals surface area contributed by atoms with Gasteiger partial charge in [-0.1, -0.05) is 29.8 Å². The second-order valence-electron chi connectivity index (χ2n) is 4.29. The van der Waals surface area contributed by atoms with Crippen LogP contribution < -0.4 is 4.74 Å². The molecule has 0 fully saturated rings. The Bertz CT molecular complexity index is 591. The number of carbonyl (C=O) groups is 1. The highest BCUT2D eigenvalue weighted by Gasteiger charge is 2.27. The molecule has 0 N–H and O–H groups in total. The summed E-state index contributed by atoms with van der Waals surface area (Å²) in [6, 6.07) is 11.4. The van der Waals surface area contributed by atoms with E-state index in [4.69, 9.17) is 16.3 Å². The zero-order chi connectivity index (χ0) is 12.5. The Hall–Kier alpha value is -1.32. The molecular weight excluding hydrogens is 268 g/mol. The summed E-state index contributed by atoms with van der Waals surface area (Å²) in [5.74, 6) is 0.918. The molecule has 1 aliphatic heterocycles. The molecule has 0 amide bonds. The average Bonchev–Trinajstić information content (AvgIpc) is 2.84. The molecule has 4 heteroatoms. The van der Waals surface area contributed by atoms with Gasteiger partial charge in [-0.2, -0.15) is 0 Å². The topological polar surface area (TPSA) is 26.3 Å². The van der Waals surface area contributed by atoms with E-state index in [0.29, 0.717) is 15.8 Å². The van der Waals surface area contributed by atoms with Crippen LogP contribution in [0.15, 0.2) is 36.4 Å². The van der Waals surface area contributed by atoms with E-state index < -0.39 is 0 Å². The molecule has 1 aromatic carbocycles. The first-order valence-electron chi connectivity index (χ1n) is 5.74. The molecule has 2 nitrogen and oxygen atoms in total. The van der Waals surface area contributed by atoms with Crippen LogP contribution in [0.1, 0.15) is 15.2 Å². The molecule has 1 atom stereocenters. The Morgan fingerprint density at radius 2 is 2.11 bits per heavy atom. The van der Waals surface area contributed by atoms with Crippen LogP contribution in [0, 0.1) is 5.92 Å². The van der Waals surface area contributed by atoms with Gasteiger partial charge in [-0.15, -0.1) is 11.3 Å². The summed E-state index contributed by atoms with van der Waals surface area (Å²) in [5, 5.41) is 0. The maximum atomic E-state index is 12.3. The number of halogens is 1. The highest BCUT2D eigenvalue weighted by molar-refractivity contribution is 7.18. The van der Waals surface area contributed by atoms with Crippen molar-refractivity contribution < 1.29 is 9.53 Å². The van der Waals surface area contributed by atoms with E-state index in [9.17, 15) is 4.79 Å². The minimum absolute atomic E-state index is 0.102. The van der Waals surface area contributed by atoms with Crippen LogP contribution in [-0.2, 0) is 6.42 Å². The molecule has 0 bridgehead atoms. The summed E-state index contributed by atoms with van der Waals surface area (Å²) in [7, 11) is 0. The fourth-order valence-electron chi connectivity index (χ4n) is 2.14. The summed E-state index contributed by atoms with van der Waals surface area (Å²) in [4.78, 5) is 13.0. The lowest BCUT2D eigenvalue weighted by molar-refractivity contribution is 0.0859. The van der Waals surface area contributed by atoms with E-state index in [2.05, 4.69) is 0 Å². The zero-order valence-electron chi connectivity index (χ0n) is 9.56. The quantitative estimate of drug-likeness (QED) is 0.780. The minimum Gasteiger partial charge on any atom is -0.493 e. The highest BCUT2D eigenvalue weighted by atomic mass is 35.5. The number of benzene rings is 1. The molecule has 2 heterocycles. The van der Waals surface area contributed by atoms with Gasteiger partial charge >= 0.3 is 0 Å². The summed E-state index contributed by atoms with van der Waals surface area (Å²) >= 11 is 7.19. The molecule has 3 rings (SSSR count). The van der Waals surface area contributed by atoms with Gasteiger partial charge in [0.05, 0.1) is 21.7 Å². The van der Waals surface area contributed by atoms with Crippen LogP contribution in [0.25, 0.3) is 0 Å². The lowest BCUT2D eigenvalue weighted by Gasteiger charge is -2.23. The van der Waals surface area contributed by atoms with E-state index in [-0.39, 0.29) is 11.7 Å². The van der Waals surface area contributed by atoms with Gasteiger partial charge in [-0.25, -0.2) is 0 Å². The largest absolute Gasteiger partial charge is 0.493 e. The first-order valence-corrected chi connectivity index (χ1v) is 6.94. The monoisotopic (exact) mass is 278 g/mol. The fourth-order valence-corrected chi connectivity index (χ4v) is 3.21. The Balaban J connectivity index is 1.82. The molecular formula is C14H11ClO2S. The van der Waals surface area contributed by atoms with Crippen LogP contribution >= 0.6 is 22.9 Å². The van der Waals surface area contributed by atoms with Crippen LogP contribution in [0.5, 0.6) is 5.75 Å². The number of rotatable bonds is 2. The number of hydrogen-bond donors (Lipinski definition) is 0. The van der Waals surface area contributed by atoms with Gasteiger partial charge in [0.1, 0.15) is 5.75 Å². The van der Waals surface area contributed by atoms with E-state index in [0.717, 1.165) is 17.7 Å². The van der Waals surface area contributed by atoms with Crippen molar-refractivity contribution >= 4 is 28.7 Å². The summed E-state index contributed by atoms with van der Waals surface area (Å²) in [6.07, 6.45) is 0.741. The van der Waals surface area contributed by atoms with Crippen molar-refractivity contribution in [3.8, 4) is 5.75 Å². The summed E-state index contributed by atoms with van der Waals surface area (Å²) in [6.45, 7) is 0.450. The third-order valence-corrected chi connectivity index (χ3v) is 4.31. The van der Waals surface area contributed by atoms with Gasteiger partial charge in [-0.05, 0) is 30.2 Å². The molecule has 1 unspecified atom stereocenters. The number of fused-ring (bicyclic) bond motifs is 1. The van der Waals surface area contributed by atoms with Crippen LogP contribution in [0.2, 0.25) is 4.34 Å². The van der Waals surface area contributed by atoms with E-state index in [1.807, 2.05) is 24.3 Å². The van der Waals surface area contributed by atoms with Crippen molar-refractivity contribution in [2.45, 2.75) is 6.42 Å². The molecule has 0 radical (unpaired) electrons. The normalized spacial score (nSPS) is 17.9. The minimum atomic E-state index is -0.102. The number of Topliss-reactive ketones (excluding diaryl/α,β-unsaturated/α-hetero) is 1. The lowest BCUT2D eigenvalue weighted by Crippen LogP contribution is -2.27. The van der Waals surface area contributed by atoms with Gasteiger partial charge in [0.2, 0.25) is 0 Å². The Kier molecular flexibility index (Phi) is 3.10. The van der Waals surface area contributed by atoms with Crippen LogP contribution in [0.3, 0.4) is 0 Å². The van der Waals surface area contributed by atoms with E-state index in [1.165, 1.54) is 11.3 Å². The molecule has 1 aliphatic rings. The van der Waals surface area contributed by atoms with Crippen molar-refractivity contribution in [2.75, 3.05) is 6.61 Å². The number of hydrogen-bond acceptors (Lipinski definition) is 3. The predicted octanol–water partition coefficient (Wildman–Crippen LogP) is 3.84. The van der Waals surface area contributed by atoms with Crippen molar-refractivity contribution in [3.05, 3.63) is 51.2 Å². The molecule has 0 saturated carbocycles. The first-order chi connectivity index (χ1) is 8.74. The molecule has 18 heavy (non-hydrogen) atoms. The summed E-state index contributed by atoms with van der Waals surface area (Å²) < 4.78 is 6.28. The number of para-hydroxylation sites is 1. The fraction of sp³-hybridized carbons (Fsp3) is 0.214.